The second kappa shape index (κ2) is 4.70. The number of alkyl halides is 3. The van der Waals surface area contributed by atoms with Crippen molar-refractivity contribution in [1.29, 1.82) is 0 Å². The van der Waals surface area contributed by atoms with Crippen LogP contribution in [0.15, 0.2) is 0 Å². The minimum Gasteiger partial charge on any atom is -0.393 e. The molecule has 15 heavy (non-hydrogen) atoms. The normalized spacial score (nSPS) is 22.2. The van der Waals surface area contributed by atoms with Crippen LogP contribution < -0.4 is 0 Å². The van der Waals surface area contributed by atoms with Crippen LogP contribution in [0.1, 0.15) is 38.5 Å². The first-order valence-electron chi connectivity index (χ1n) is 5.17. The Morgan fingerprint density at radius 1 is 1.40 bits per heavy atom. The lowest BCUT2D eigenvalue weighted by atomic mass is 9.75. The van der Waals surface area contributed by atoms with Crippen LogP contribution in [0.3, 0.4) is 0 Å². The first kappa shape index (κ1) is 12.8. The molecule has 1 fully saturated rings. The summed E-state index contributed by atoms with van der Waals surface area (Å²) in [4.78, 5) is 0. The molecule has 0 saturated heterocycles. The summed E-state index contributed by atoms with van der Waals surface area (Å²) in [5, 5.41) is 9.46. The molecular formula is C10H17F3O2. The van der Waals surface area contributed by atoms with Gasteiger partial charge >= 0.3 is 6.18 Å². The van der Waals surface area contributed by atoms with Gasteiger partial charge in [-0.1, -0.05) is 0 Å². The lowest BCUT2D eigenvalue weighted by Crippen LogP contribution is -2.42. The van der Waals surface area contributed by atoms with E-state index in [-0.39, 0.29) is 12.0 Å². The highest BCUT2D eigenvalue weighted by molar-refractivity contribution is 4.91. The Labute approximate surface area is 87.4 Å². The first-order valence-corrected chi connectivity index (χ1v) is 5.17. The molecule has 0 aromatic heterocycles. The number of methoxy groups -OCH3 is 1. The van der Waals surface area contributed by atoms with Gasteiger partial charge in [0, 0.05) is 20.0 Å². The highest BCUT2D eigenvalue weighted by Crippen LogP contribution is 2.39. The molecule has 0 bridgehead atoms. The molecule has 0 aliphatic heterocycles. The summed E-state index contributed by atoms with van der Waals surface area (Å²) < 4.78 is 40.9. The SMILES string of the molecule is COC1(CC(O)CCC(F)(F)F)CCC1. The number of rotatable bonds is 5. The summed E-state index contributed by atoms with van der Waals surface area (Å²) in [6.07, 6.45) is -3.21. The number of hydrogen-bond acceptors (Lipinski definition) is 2. The molecule has 0 heterocycles. The molecule has 2 nitrogen and oxygen atoms in total. The van der Waals surface area contributed by atoms with E-state index < -0.39 is 18.7 Å². The molecule has 0 radical (unpaired) electrons. The van der Waals surface area contributed by atoms with Crippen LogP contribution in [0.4, 0.5) is 13.2 Å². The fourth-order valence-corrected chi connectivity index (χ4v) is 1.92. The second-order valence-electron chi connectivity index (χ2n) is 4.25. The van der Waals surface area contributed by atoms with Crippen LogP contribution >= 0.6 is 0 Å². The van der Waals surface area contributed by atoms with E-state index in [0.717, 1.165) is 19.3 Å². The van der Waals surface area contributed by atoms with Crippen LogP contribution in [0.5, 0.6) is 0 Å². The lowest BCUT2D eigenvalue weighted by Gasteiger charge is -2.41. The number of hydrogen-bond donors (Lipinski definition) is 1. The fourth-order valence-electron chi connectivity index (χ4n) is 1.92. The minimum absolute atomic E-state index is 0.228. The van der Waals surface area contributed by atoms with Gasteiger partial charge in [-0.05, 0) is 25.7 Å². The standard InChI is InChI=1S/C10H17F3O2/c1-15-9(4-2-5-9)7-8(14)3-6-10(11,12)13/h8,14H,2-7H2,1H3. The average Bonchev–Trinajstić information content (AvgIpc) is 2.07. The zero-order valence-electron chi connectivity index (χ0n) is 8.81. The molecule has 5 heteroatoms. The van der Waals surface area contributed by atoms with Crippen LogP contribution in [0.25, 0.3) is 0 Å². The molecular weight excluding hydrogens is 209 g/mol. The Morgan fingerprint density at radius 2 is 2.00 bits per heavy atom. The monoisotopic (exact) mass is 226 g/mol. The summed E-state index contributed by atoms with van der Waals surface area (Å²) in [7, 11) is 1.55. The van der Waals surface area contributed by atoms with E-state index in [1.165, 1.54) is 0 Å². The van der Waals surface area contributed by atoms with Gasteiger partial charge < -0.3 is 9.84 Å². The smallest absolute Gasteiger partial charge is 0.389 e. The van der Waals surface area contributed by atoms with Crippen molar-refractivity contribution < 1.29 is 23.0 Å². The lowest BCUT2D eigenvalue weighted by molar-refractivity contribution is -0.146. The maximum Gasteiger partial charge on any atom is 0.389 e. The second-order valence-corrected chi connectivity index (χ2v) is 4.25. The molecule has 0 aromatic rings. The third-order valence-corrected chi connectivity index (χ3v) is 3.07. The van der Waals surface area contributed by atoms with Gasteiger partial charge in [0.15, 0.2) is 0 Å². The Bertz CT molecular complexity index is 194. The minimum atomic E-state index is -4.18. The molecule has 0 spiro atoms. The largest absolute Gasteiger partial charge is 0.393 e. The maximum atomic E-state index is 11.9. The summed E-state index contributed by atoms with van der Waals surface area (Å²) in [5.74, 6) is 0. The van der Waals surface area contributed by atoms with Gasteiger partial charge in [-0.25, -0.2) is 0 Å². The summed E-state index contributed by atoms with van der Waals surface area (Å²) in [6.45, 7) is 0. The Hall–Kier alpha value is -0.290. The summed E-state index contributed by atoms with van der Waals surface area (Å²) in [5.41, 5.74) is -0.356. The highest BCUT2D eigenvalue weighted by Gasteiger charge is 2.39. The van der Waals surface area contributed by atoms with E-state index >= 15 is 0 Å². The van der Waals surface area contributed by atoms with Crippen LogP contribution in [-0.4, -0.2) is 30.1 Å². The third-order valence-electron chi connectivity index (χ3n) is 3.07. The molecule has 1 atom stereocenters. The van der Waals surface area contributed by atoms with Gasteiger partial charge in [0.05, 0.1) is 11.7 Å². The molecule has 1 aliphatic carbocycles. The van der Waals surface area contributed by atoms with Crippen molar-refractivity contribution in [2.75, 3.05) is 7.11 Å². The van der Waals surface area contributed by atoms with E-state index in [1.807, 2.05) is 0 Å². The van der Waals surface area contributed by atoms with Crippen LogP contribution in [0.2, 0.25) is 0 Å². The Morgan fingerprint density at radius 3 is 2.33 bits per heavy atom. The number of halogens is 3. The van der Waals surface area contributed by atoms with Gasteiger partial charge in [0.1, 0.15) is 0 Å². The predicted molar refractivity (Wildman–Crippen MR) is 49.5 cm³/mol. The average molecular weight is 226 g/mol. The van der Waals surface area contributed by atoms with Crippen molar-refractivity contribution in [2.45, 2.75) is 56.4 Å². The predicted octanol–water partition coefficient (Wildman–Crippen LogP) is 2.65. The number of ether oxygens (including phenoxy) is 1. The molecule has 1 aliphatic rings. The van der Waals surface area contributed by atoms with E-state index in [9.17, 15) is 18.3 Å². The quantitative estimate of drug-likeness (QED) is 0.780. The zero-order valence-corrected chi connectivity index (χ0v) is 8.81. The van der Waals surface area contributed by atoms with Gasteiger partial charge in [-0.15, -0.1) is 0 Å². The van der Waals surface area contributed by atoms with Gasteiger partial charge in [-0.3, -0.25) is 0 Å². The molecule has 1 unspecified atom stereocenters. The number of aliphatic hydroxyl groups excluding tert-OH is 1. The van der Waals surface area contributed by atoms with Crippen LogP contribution in [0, 0.1) is 0 Å². The molecule has 1 N–H and O–H groups in total. The van der Waals surface area contributed by atoms with Crippen molar-refractivity contribution in [1.82, 2.24) is 0 Å². The highest BCUT2D eigenvalue weighted by atomic mass is 19.4. The van der Waals surface area contributed by atoms with Gasteiger partial charge in [-0.2, -0.15) is 13.2 Å². The summed E-state index contributed by atoms with van der Waals surface area (Å²) in [6, 6.07) is 0. The first-order chi connectivity index (χ1) is 6.87. The van der Waals surface area contributed by atoms with E-state index in [2.05, 4.69) is 0 Å². The Balaban J connectivity index is 2.26. The third kappa shape index (κ3) is 3.99. The maximum absolute atomic E-state index is 11.9. The van der Waals surface area contributed by atoms with Gasteiger partial charge in [0.25, 0.3) is 0 Å². The van der Waals surface area contributed by atoms with Crippen molar-refractivity contribution in [3.05, 3.63) is 0 Å². The zero-order chi connectivity index (χ0) is 11.5. The topological polar surface area (TPSA) is 29.5 Å². The molecule has 0 aromatic carbocycles. The molecule has 1 saturated carbocycles. The van der Waals surface area contributed by atoms with Crippen molar-refractivity contribution >= 4 is 0 Å². The van der Waals surface area contributed by atoms with Crippen molar-refractivity contribution in [2.24, 2.45) is 0 Å². The van der Waals surface area contributed by atoms with Crippen LogP contribution in [-0.2, 0) is 4.74 Å². The van der Waals surface area contributed by atoms with E-state index in [1.54, 1.807) is 7.11 Å². The van der Waals surface area contributed by atoms with Crippen molar-refractivity contribution in [3.63, 3.8) is 0 Å². The summed E-state index contributed by atoms with van der Waals surface area (Å²) >= 11 is 0. The molecule has 0 amide bonds. The Kier molecular flexibility index (Phi) is 4.00. The molecule has 90 valence electrons. The molecule has 1 rings (SSSR count). The van der Waals surface area contributed by atoms with E-state index in [4.69, 9.17) is 4.74 Å². The fraction of sp³-hybridized carbons (Fsp3) is 1.00. The van der Waals surface area contributed by atoms with Crippen molar-refractivity contribution in [3.8, 4) is 0 Å². The number of aliphatic hydroxyl groups is 1. The van der Waals surface area contributed by atoms with E-state index in [0.29, 0.717) is 6.42 Å². The van der Waals surface area contributed by atoms with Gasteiger partial charge in [0.2, 0.25) is 0 Å².